The van der Waals surface area contributed by atoms with Gasteiger partial charge in [0.1, 0.15) is 10.8 Å². The van der Waals surface area contributed by atoms with E-state index in [0.29, 0.717) is 18.1 Å². The number of hydrogen-bond acceptors (Lipinski definition) is 4. The van der Waals surface area contributed by atoms with Crippen LogP contribution in [0.4, 0.5) is 0 Å². The Balaban J connectivity index is 2.03. The van der Waals surface area contributed by atoms with Gasteiger partial charge in [-0.15, -0.1) is 11.3 Å². The minimum Gasteiger partial charge on any atom is -0.496 e. The molecule has 1 aromatic heterocycles. The molecule has 0 aliphatic heterocycles. The van der Waals surface area contributed by atoms with Crippen LogP contribution in [0.2, 0.25) is 5.02 Å². The molecule has 0 radical (unpaired) electrons. The minimum atomic E-state index is 0.507. The summed E-state index contributed by atoms with van der Waals surface area (Å²) in [7, 11) is 1.63. The van der Waals surface area contributed by atoms with Crippen LogP contribution in [-0.4, -0.2) is 24.6 Å². The zero-order chi connectivity index (χ0) is 16.7. The first kappa shape index (κ1) is 17.6. The van der Waals surface area contributed by atoms with Crippen molar-refractivity contribution in [2.24, 2.45) is 4.99 Å². The zero-order valence-corrected chi connectivity index (χ0v) is 15.1. The Bertz CT molecular complexity index is 672. The zero-order valence-electron chi connectivity index (χ0n) is 13.5. The molecule has 2 aromatic rings. The molecule has 0 amide bonds. The number of methoxy groups -OCH3 is 1. The molecule has 0 spiro atoms. The fourth-order valence-corrected chi connectivity index (χ4v) is 2.89. The Hall–Kier alpha value is -1.79. The van der Waals surface area contributed by atoms with Gasteiger partial charge >= 0.3 is 0 Å². The van der Waals surface area contributed by atoms with E-state index in [4.69, 9.17) is 16.3 Å². The van der Waals surface area contributed by atoms with Gasteiger partial charge in [0.15, 0.2) is 5.96 Å². The lowest BCUT2D eigenvalue weighted by Crippen LogP contribution is -2.36. The van der Waals surface area contributed by atoms with Crippen molar-refractivity contribution in [2.45, 2.75) is 26.9 Å². The van der Waals surface area contributed by atoms with E-state index in [0.717, 1.165) is 28.8 Å². The van der Waals surface area contributed by atoms with Gasteiger partial charge in [-0.2, -0.15) is 0 Å². The standard InChI is InChI=1S/C16H21ClN4OS/c1-4-18-16(21-10-15-19-8-11(2)23-15)20-9-12-5-6-13(17)7-14(12)22-3/h5-8H,4,9-10H2,1-3H3,(H2,18,20,21). The molecule has 0 unspecified atom stereocenters. The fourth-order valence-electron chi connectivity index (χ4n) is 2.00. The Kier molecular flexibility index (Phi) is 6.67. The minimum absolute atomic E-state index is 0.507. The van der Waals surface area contributed by atoms with Gasteiger partial charge in [-0.25, -0.2) is 9.98 Å². The maximum atomic E-state index is 5.98. The normalized spacial score (nSPS) is 11.4. The van der Waals surface area contributed by atoms with Gasteiger partial charge in [0.25, 0.3) is 0 Å². The predicted octanol–water partition coefficient (Wildman–Crippen LogP) is 3.37. The van der Waals surface area contributed by atoms with Gasteiger partial charge in [-0.05, 0) is 26.0 Å². The quantitative estimate of drug-likeness (QED) is 0.618. The molecule has 0 fully saturated rings. The number of nitrogens with zero attached hydrogens (tertiary/aromatic N) is 2. The summed E-state index contributed by atoms with van der Waals surface area (Å²) < 4.78 is 5.35. The SMILES string of the molecule is CCNC(=NCc1ccc(Cl)cc1OC)NCc1ncc(C)s1. The second kappa shape index (κ2) is 8.74. The second-order valence-electron chi connectivity index (χ2n) is 4.87. The van der Waals surface area contributed by atoms with Crippen LogP contribution in [0.1, 0.15) is 22.4 Å². The highest BCUT2D eigenvalue weighted by atomic mass is 35.5. The number of nitrogens with one attached hydrogen (secondary N) is 2. The van der Waals surface area contributed by atoms with Crippen molar-refractivity contribution < 1.29 is 4.74 Å². The maximum Gasteiger partial charge on any atom is 0.191 e. The number of aliphatic imine (C=N–C) groups is 1. The molecule has 2 N–H and O–H groups in total. The van der Waals surface area contributed by atoms with Crippen molar-refractivity contribution in [2.75, 3.05) is 13.7 Å². The van der Waals surface area contributed by atoms with Crippen LogP contribution in [-0.2, 0) is 13.1 Å². The van der Waals surface area contributed by atoms with Gasteiger partial charge in [-0.3, -0.25) is 0 Å². The molecule has 5 nitrogen and oxygen atoms in total. The van der Waals surface area contributed by atoms with Crippen LogP contribution in [0, 0.1) is 6.92 Å². The maximum absolute atomic E-state index is 5.98. The number of aryl methyl sites for hydroxylation is 1. The van der Waals surface area contributed by atoms with Gasteiger partial charge < -0.3 is 15.4 Å². The van der Waals surface area contributed by atoms with Crippen molar-refractivity contribution in [3.8, 4) is 5.75 Å². The summed E-state index contributed by atoms with van der Waals surface area (Å²) in [6.07, 6.45) is 1.88. The van der Waals surface area contributed by atoms with Crippen LogP contribution < -0.4 is 15.4 Å². The molecule has 7 heteroatoms. The van der Waals surface area contributed by atoms with Crippen LogP contribution in [0.15, 0.2) is 29.4 Å². The Morgan fingerprint density at radius 1 is 1.39 bits per heavy atom. The average molecular weight is 353 g/mol. The number of guanidine groups is 1. The summed E-state index contributed by atoms with van der Waals surface area (Å²) in [6.45, 7) is 6.04. The monoisotopic (exact) mass is 352 g/mol. The van der Waals surface area contributed by atoms with Gasteiger partial charge in [0.05, 0.1) is 20.2 Å². The van der Waals surface area contributed by atoms with Crippen molar-refractivity contribution in [3.63, 3.8) is 0 Å². The first-order valence-electron chi connectivity index (χ1n) is 7.38. The van der Waals surface area contributed by atoms with Gasteiger partial charge in [0, 0.05) is 28.2 Å². The average Bonchev–Trinajstić information content (AvgIpc) is 2.96. The summed E-state index contributed by atoms with van der Waals surface area (Å²) >= 11 is 7.66. The predicted molar refractivity (Wildman–Crippen MR) is 96.5 cm³/mol. The molecule has 0 atom stereocenters. The molecular weight excluding hydrogens is 332 g/mol. The summed E-state index contributed by atoms with van der Waals surface area (Å²) in [4.78, 5) is 10.1. The van der Waals surface area contributed by atoms with Crippen LogP contribution >= 0.6 is 22.9 Å². The third kappa shape index (κ3) is 5.41. The van der Waals surface area contributed by atoms with Crippen LogP contribution in [0.5, 0.6) is 5.75 Å². The van der Waals surface area contributed by atoms with E-state index in [1.165, 1.54) is 4.88 Å². The second-order valence-corrected chi connectivity index (χ2v) is 6.63. The van der Waals surface area contributed by atoms with Crippen molar-refractivity contribution in [3.05, 3.63) is 44.9 Å². The Morgan fingerprint density at radius 2 is 2.22 bits per heavy atom. The third-order valence-corrected chi connectivity index (χ3v) is 4.22. The molecule has 1 aromatic carbocycles. The molecule has 0 bridgehead atoms. The van der Waals surface area contributed by atoms with Gasteiger partial charge in [-0.1, -0.05) is 17.7 Å². The number of benzene rings is 1. The van der Waals surface area contributed by atoms with E-state index in [2.05, 4.69) is 20.6 Å². The van der Waals surface area contributed by atoms with E-state index >= 15 is 0 Å². The smallest absolute Gasteiger partial charge is 0.191 e. The lowest BCUT2D eigenvalue weighted by Gasteiger charge is -2.11. The molecule has 0 aliphatic rings. The first-order valence-corrected chi connectivity index (χ1v) is 8.57. The lowest BCUT2D eigenvalue weighted by molar-refractivity contribution is 0.410. The van der Waals surface area contributed by atoms with Crippen LogP contribution in [0.3, 0.4) is 0 Å². The summed E-state index contributed by atoms with van der Waals surface area (Å²) in [6, 6.07) is 5.57. The number of ether oxygens (including phenoxy) is 1. The van der Waals surface area contributed by atoms with E-state index in [-0.39, 0.29) is 0 Å². The molecule has 0 saturated carbocycles. The Labute approximate surface area is 145 Å². The van der Waals surface area contributed by atoms with E-state index in [1.54, 1.807) is 24.5 Å². The first-order chi connectivity index (χ1) is 11.1. The summed E-state index contributed by atoms with van der Waals surface area (Å²) in [5.74, 6) is 1.49. The topological polar surface area (TPSA) is 58.5 Å². The number of aromatic nitrogens is 1. The molecule has 23 heavy (non-hydrogen) atoms. The Morgan fingerprint density at radius 3 is 2.87 bits per heavy atom. The fraction of sp³-hybridized carbons (Fsp3) is 0.375. The lowest BCUT2D eigenvalue weighted by atomic mass is 10.2. The molecule has 0 saturated heterocycles. The summed E-state index contributed by atoms with van der Waals surface area (Å²) in [5.41, 5.74) is 0.985. The van der Waals surface area contributed by atoms with E-state index < -0.39 is 0 Å². The highest BCUT2D eigenvalue weighted by Crippen LogP contribution is 2.23. The van der Waals surface area contributed by atoms with Crippen molar-refractivity contribution >= 4 is 28.9 Å². The highest BCUT2D eigenvalue weighted by molar-refractivity contribution is 7.11. The number of halogens is 1. The van der Waals surface area contributed by atoms with Crippen molar-refractivity contribution in [1.29, 1.82) is 0 Å². The van der Waals surface area contributed by atoms with E-state index in [9.17, 15) is 0 Å². The highest BCUT2D eigenvalue weighted by Gasteiger charge is 2.05. The number of thiazole rings is 1. The molecule has 2 rings (SSSR count). The van der Waals surface area contributed by atoms with Gasteiger partial charge in [0.2, 0.25) is 0 Å². The largest absolute Gasteiger partial charge is 0.496 e. The summed E-state index contributed by atoms with van der Waals surface area (Å²) in [5, 5.41) is 8.21. The van der Waals surface area contributed by atoms with E-state index in [1.807, 2.05) is 32.2 Å². The van der Waals surface area contributed by atoms with Crippen LogP contribution in [0.25, 0.3) is 0 Å². The number of rotatable bonds is 6. The third-order valence-electron chi connectivity index (χ3n) is 3.08. The molecule has 0 aliphatic carbocycles. The molecule has 124 valence electrons. The molecule has 1 heterocycles. The molecular formula is C16H21ClN4OS. The van der Waals surface area contributed by atoms with Crippen molar-refractivity contribution in [1.82, 2.24) is 15.6 Å². The number of hydrogen-bond donors (Lipinski definition) is 2.